The fourth-order valence-electron chi connectivity index (χ4n) is 2.36. The van der Waals surface area contributed by atoms with Crippen molar-refractivity contribution in [2.24, 2.45) is 5.92 Å². The van der Waals surface area contributed by atoms with Crippen molar-refractivity contribution in [3.8, 4) is 0 Å². The smallest absolute Gasteiger partial charge is 0.410 e. The molecule has 1 N–H and O–H groups in total. The molecule has 0 atom stereocenters. The summed E-state index contributed by atoms with van der Waals surface area (Å²) in [5, 5.41) is 8.39. The van der Waals surface area contributed by atoms with E-state index in [1.807, 2.05) is 20.8 Å². The monoisotopic (exact) mass is 361 g/mol. The highest BCUT2D eigenvalue weighted by atomic mass is 16.6. The lowest BCUT2D eigenvalue weighted by Crippen LogP contribution is -2.42. The van der Waals surface area contributed by atoms with Crippen LogP contribution in [-0.2, 0) is 23.7 Å². The average Bonchev–Trinajstić information content (AvgIpc) is 2.52. The highest BCUT2D eigenvalue weighted by Crippen LogP contribution is 2.19. The Labute approximate surface area is 149 Å². The van der Waals surface area contributed by atoms with E-state index in [2.05, 4.69) is 0 Å². The standard InChI is InChI=1S/C17H31NO7/c1-17(2,3)25-16(21)18-6-4-14(5-7-18)12-23-10-8-22-9-11-24-13-15(19)20/h14H,4-13H2,1-3H3,(H,19,20). The molecule has 146 valence electrons. The van der Waals surface area contributed by atoms with E-state index in [-0.39, 0.29) is 19.3 Å². The molecule has 1 rings (SSSR count). The number of piperidine rings is 1. The van der Waals surface area contributed by atoms with Gasteiger partial charge in [0.2, 0.25) is 0 Å². The first-order valence-corrected chi connectivity index (χ1v) is 8.71. The van der Waals surface area contributed by atoms with Crippen molar-refractivity contribution < 1.29 is 33.6 Å². The molecule has 1 amide bonds. The van der Waals surface area contributed by atoms with Gasteiger partial charge < -0.3 is 29.0 Å². The van der Waals surface area contributed by atoms with Gasteiger partial charge in [-0.15, -0.1) is 0 Å². The molecule has 0 radical (unpaired) electrons. The molecule has 0 saturated carbocycles. The van der Waals surface area contributed by atoms with E-state index in [0.29, 0.717) is 45.4 Å². The summed E-state index contributed by atoms with van der Waals surface area (Å²) in [6, 6.07) is 0. The SMILES string of the molecule is CC(C)(C)OC(=O)N1CCC(COCCOCCOCC(=O)O)CC1. The maximum atomic E-state index is 12.0. The Balaban J connectivity index is 1.99. The van der Waals surface area contributed by atoms with Crippen LogP contribution in [-0.4, -0.2) is 80.4 Å². The summed E-state index contributed by atoms with van der Waals surface area (Å²) in [7, 11) is 0. The lowest BCUT2D eigenvalue weighted by Gasteiger charge is -2.33. The zero-order valence-electron chi connectivity index (χ0n) is 15.5. The molecule has 0 unspecified atom stereocenters. The molecule has 0 aromatic heterocycles. The molecule has 1 aliphatic rings. The minimum Gasteiger partial charge on any atom is -0.480 e. The van der Waals surface area contributed by atoms with Crippen LogP contribution in [0.1, 0.15) is 33.6 Å². The maximum Gasteiger partial charge on any atom is 0.410 e. The van der Waals surface area contributed by atoms with E-state index in [1.54, 1.807) is 4.90 Å². The van der Waals surface area contributed by atoms with Crippen LogP contribution in [0.2, 0.25) is 0 Å². The molecule has 25 heavy (non-hydrogen) atoms. The second-order valence-electron chi connectivity index (χ2n) is 7.04. The number of carbonyl (C=O) groups excluding carboxylic acids is 1. The van der Waals surface area contributed by atoms with Crippen molar-refractivity contribution >= 4 is 12.1 Å². The fourth-order valence-corrected chi connectivity index (χ4v) is 2.36. The van der Waals surface area contributed by atoms with Crippen LogP contribution >= 0.6 is 0 Å². The molecule has 1 heterocycles. The Kier molecular flexibility index (Phi) is 9.77. The summed E-state index contributed by atoms with van der Waals surface area (Å²) in [5.74, 6) is -0.543. The summed E-state index contributed by atoms with van der Waals surface area (Å²) < 4.78 is 21.1. The van der Waals surface area contributed by atoms with Gasteiger partial charge >= 0.3 is 12.1 Å². The molecule has 8 heteroatoms. The van der Waals surface area contributed by atoms with E-state index < -0.39 is 11.6 Å². The van der Waals surface area contributed by atoms with Crippen molar-refractivity contribution in [2.75, 3.05) is 52.7 Å². The number of hydrogen-bond acceptors (Lipinski definition) is 6. The van der Waals surface area contributed by atoms with Gasteiger partial charge in [-0.1, -0.05) is 0 Å². The second-order valence-corrected chi connectivity index (χ2v) is 7.04. The Morgan fingerprint density at radius 1 is 1.00 bits per heavy atom. The van der Waals surface area contributed by atoms with Crippen molar-refractivity contribution in [1.29, 1.82) is 0 Å². The van der Waals surface area contributed by atoms with Gasteiger partial charge in [-0.25, -0.2) is 9.59 Å². The summed E-state index contributed by atoms with van der Waals surface area (Å²) >= 11 is 0. The van der Waals surface area contributed by atoms with Crippen LogP contribution < -0.4 is 0 Å². The van der Waals surface area contributed by atoms with E-state index >= 15 is 0 Å². The molecule has 1 aliphatic heterocycles. The molecular weight excluding hydrogens is 330 g/mol. The van der Waals surface area contributed by atoms with Crippen LogP contribution in [0.25, 0.3) is 0 Å². The van der Waals surface area contributed by atoms with Gasteiger partial charge in [-0.05, 0) is 39.5 Å². The number of carboxylic acid groups (broad SMARTS) is 1. The van der Waals surface area contributed by atoms with Gasteiger partial charge in [0.1, 0.15) is 12.2 Å². The van der Waals surface area contributed by atoms with Crippen LogP contribution in [0.4, 0.5) is 4.79 Å². The highest BCUT2D eigenvalue weighted by molar-refractivity contribution is 5.68. The van der Waals surface area contributed by atoms with Crippen molar-refractivity contribution in [3.63, 3.8) is 0 Å². The van der Waals surface area contributed by atoms with Crippen LogP contribution in [0, 0.1) is 5.92 Å². The van der Waals surface area contributed by atoms with Crippen molar-refractivity contribution in [3.05, 3.63) is 0 Å². The molecule has 1 fully saturated rings. The molecule has 0 aromatic rings. The number of amides is 1. The number of hydrogen-bond donors (Lipinski definition) is 1. The van der Waals surface area contributed by atoms with Crippen molar-refractivity contribution in [2.45, 2.75) is 39.2 Å². The largest absolute Gasteiger partial charge is 0.480 e. The number of aliphatic carboxylic acids is 1. The minimum atomic E-state index is -0.985. The topological polar surface area (TPSA) is 94.5 Å². The normalized spacial score (nSPS) is 16.0. The van der Waals surface area contributed by atoms with Crippen LogP contribution in [0.15, 0.2) is 0 Å². The number of nitrogens with zero attached hydrogens (tertiary/aromatic N) is 1. The Hall–Kier alpha value is -1.38. The molecule has 8 nitrogen and oxygen atoms in total. The fraction of sp³-hybridized carbons (Fsp3) is 0.882. The number of rotatable bonds is 10. The quantitative estimate of drug-likeness (QED) is 0.593. The second kappa shape index (κ2) is 11.3. The van der Waals surface area contributed by atoms with Gasteiger partial charge in [0.15, 0.2) is 0 Å². The third-order valence-corrected chi connectivity index (χ3v) is 3.59. The number of carbonyl (C=O) groups is 2. The average molecular weight is 361 g/mol. The van der Waals surface area contributed by atoms with E-state index in [4.69, 9.17) is 24.1 Å². The lowest BCUT2D eigenvalue weighted by atomic mass is 9.98. The van der Waals surface area contributed by atoms with E-state index in [0.717, 1.165) is 12.8 Å². The summed E-state index contributed by atoms with van der Waals surface area (Å²) in [6.07, 6.45) is 1.57. The molecule has 0 bridgehead atoms. The Bertz CT molecular complexity index is 400. The molecule has 0 spiro atoms. The van der Waals surface area contributed by atoms with Crippen molar-refractivity contribution in [1.82, 2.24) is 4.90 Å². The van der Waals surface area contributed by atoms with E-state index in [9.17, 15) is 9.59 Å². The summed E-state index contributed by atoms with van der Waals surface area (Å²) in [6.45, 7) is 8.89. The minimum absolute atomic E-state index is 0.245. The predicted octanol–water partition coefficient (Wildman–Crippen LogP) is 1.77. The highest BCUT2D eigenvalue weighted by Gasteiger charge is 2.26. The van der Waals surface area contributed by atoms with Gasteiger partial charge in [-0.3, -0.25) is 0 Å². The number of carboxylic acids is 1. The molecule has 0 aliphatic carbocycles. The zero-order valence-corrected chi connectivity index (χ0v) is 15.5. The Morgan fingerprint density at radius 2 is 1.56 bits per heavy atom. The van der Waals surface area contributed by atoms with Crippen LogP contribution in [0.3, 0.4) is 0 Å². The maximum absolute atomic E-state index is 12.0. The number of ether oxygens (including phenoxy) is 4. The van der Waals surface area contributed by atoms with Gasteiger partial charge in [0, 0.05) is 19.7 Å². The molecule has 0 aromatic carbocycles. The van der Waals surface area contributed by atoms with Crippen LogP contribution in [0.5, 0.6) is 0 Å². The first-order valence-electron chi connectivity index (χ1n) is 8.71. The zero-order chi connectivity index (χ0) is 18.7. The van der Waals surface area contributed by atoms with Gasteiger partial charge in [0.25, 0.3) is 0 Å². The van der Waals surface area contributed by atoms with Gasteiger partial charge in [-0.2, -0.15) is 0 Å². The summed E-state index contributed by atoms with van der Waals surface area (Å²) in [4.78, 5) is 24.0. The third-order valence-electron chi connectivity index (χ3n) is 3.59. The first-order chi connectivity index (χ1) is 11.8. The van der Waals surface area contributed by atoms with Gasteiger partial charge in [0.05, 0.1) is 26.4 Å². The lowest BCUT2D eigenvalue weighted by molar-refractivity contribution is -0.142. The third kappa shape index (κ3) is 11.0. The van der Waals surface area contributed by atoms with E-state index in [1.165, 1.54) is 0 Å². The Morgan fingerprint density at radius 3 is 2.12 bits per heavy atom. The summed E-state index contributed by atoms with van der Waals surface area (Å²) in [5.41, 5.74) is -0.463. The first kappa shape index (κ1) is 21.7. The number of likely N-dealkylation sites (tertiary alicyclic amines) is 1. The molecule has 1 saturated heterocycles. The molecular formula is C17H31NO7. The predicted molar refractivity (Wildman–Crippen MR) is 90.6 cm³/mol.